The van der Waals surface area contributed by atoms with E-state index in [2.05, 4.69) is 22.2 Å². The maximum atomic E-state index is 12.8. The maximum absolute atomic E-state index is 12.8. The van der Waals surface area contributed by atoms with Gasteiger partial charge in [-0.05, 0) is 44.9 Å². The van der Waals surface area contributed by atoms with Crippen LogP contribution in [0.3, 0.4) is 0 Å². The van der Waals surface area contributed by atoms with Gasteiger partial charge in [0.2, 0.25) is 0 Å². The van der Waals surface area contributed by atoms with E-state index in [1.165, 1.54) is 12.4 Å². The van der Waals surface area contributed by atoms with E-state index in [1.54, 1.807) is 12.1 Å². The number of nitrogens with zero attached hydrogens (tertiary/aromatic N) is 3. The molecule has 4 rings (SSSR count). The lowest BCUT2D eigenvalue weighted by Crippen LogP contribution is -2.48. The van der Waals surface area contributed by atoms with Gasteiger partial charge in [0.1, 0.15) is 12.2 Å². The Morgan fingerprint density at radius 3 is 2.65 bits per heavy atom. The average molecular weight is 366 g/mol. The van der Waals surface area contributed by atoms with Crippen LogP contribution in [0.25, 0.3) is 11.0 Å². The number of piperidine rings is 1. The van der Waals surface area contributed by atoms with Gasteiger partial charge in [0, 0.05) is 35.9 Å². The molecule has 0 spiro atoms. The van der Waals surface area contributed by atoms with Gasteiger partial charge in [0.15, 0.2) is 0 Å². The molecule has 2 aliphatic rings. The lowest BCUT2D eigenvalue weighted by molar-refractivity contribution is -0.139. The molecule has 2 aliphatic heterocycles. The van der Waals surface area contributed by atoms with Crippen molar-refractivity contribution in [1.29, 1.82) is 0 Å². The predicted octanol–water partition coefficient (Wildman–Crippen LogP) is 2.95. The number of carbonyl (C=O) groups excluding carboxylic acids is 1. The van der Waals surface area contributed by atoms with Crippen molar-refractivity contribution in [2.45, 2.75) is 56.5 Å². The second-order valence-electron chi connectivity index (χ2n) is 7.35. The zero-order chi connectivity index (χ0) is 18.5. The van der Waals surface area contributed by atoms with E-state index in [1.807, 2.05) is 0 Å². The molecule has 8 heteroatoms. The number of halogens is 3. The number of hydrogen-bond donors (Lipinski definition) is 1. The van der Waals surface area contributed by atoms with Crippen molar-refractivity contribution in [3.05, 3.63) is 30.1 Å². The Morgan fingerprint density at radius 1 is 1.31 bits per heavy atom. The molecule has 0 aliphatic carbocycles. The van der Waals surface area contributed by atoms with Crippen LogP contribution in [0.4, 0.5) is 13.2 Å². The molecule has 0 saturated carbocycles. The van der Waals surface area contributed by atoms with Crippen LogP contribution in [0, 0.1) is 0 Å². The number of carbonyl (C=O) groups is 1. The SMILES string of the molecule is CN1[C@@H]2CC[C@H]1C[C@H](NC(=O)c1cn(CC(F)(F)F)c3ncccc13)C2. The second kappa shape index (κ2) is 6.26. The van der Waals surface area contributed by atoms with Gasteiger partial charge >= 0.3 is 6.18 Å². The minimum atomic E-state index is -4.37. The third kappa shape index (κ3) is 3.18. The predicted molar refractivity (Wildman–Crippen MR) is 90.8 cm³/mol. The van der Waals surface area contributed by atoms with Gasteiger partial charge in [0.05, 0.1) is 5.56 Å². The number of rotatable bonds is 3. The molecule has 0 radical (unpaired) electrons. The van der Waals surface area contributed by atoms with Crippen molar-refractivity contribution in [3.8, 4) is 0 Å². The molecule has 3 atom stereocenters. The summed E-state index contributed by atoms with van der Waals surface area (Å²) < 4.78 is 39.5. The van der Waals surface area contributed by atoms with Crippen LogP contribution in [-0.4, -0.2) is 51.7 Å². The van der Waals surface area contributed by atoms with Crippen molar-refractivity contribution >= 4 is 16.9 Å². The van der Waals surface area contributed by atoms with Gasteiger partial charge in [-0.1, -0.05) is 0 Å². The monoisotopic (exact) mass is 366 g/mol. The van der Waals surface area contributed by atoms with E-state index in [9.17, 15) is 18.0 Å². The summed E-state index contributed by atoms with van der Waals surface area (Å²) in [6, 6.07) is 4.29. The molecule has 1 N–H and O–H groups in total. The van der Waals surface area contributed by atoms with Crippen LogP contribution < -0.4 is 5.32 Å². The zero-order valence-electron chi connectivity index (χ0n) is 14.5. The first kappa shape index (κ1) is 17.3. The number of amides is 1. The molecule has 2 aromatic heterocycles. The van der Waals surface area contributed by atoms with E-state index in [0.29, 0.717) is 17.5 Å². The smallest absolute Gasteiger partial charge is 0.349 e. The van der Waals surface area contributed by atoms with Gasteiger partial charge in [0.25, 0.3) is 5.91 Å². The summed E-state index contributed by atoms with van der Waals surface area (Å²) in [6.45, 7) is -1.16. The summed E-state index contributed by atoms with van der Waals surface area (Å²) in [5, 5.41) is 3.49. The molecule has 26 heavy (non-hydrogen) atoms. The molecule has 140 valence electrons. The van der Waals surface area contributed by atoms with Crippen LogP contribution >= 0.6 is 0 Å². The summed E-state index contributed by atoms with van der Waals surface area (Å²) in [4.78, 5) is 19.2. The third-order valence-electron chi connectivity index (χ3n) is 5.66. The standard InChI is InChI=1S/C18H21F3N4O/c1-24-12-4-5-13(24)8-11(7-12)23-17(26)15-9-25(10-18(19,20)21)16-14(15)3-2-6-22-16/h2-3,6,9,11-13H,4-5,7-8,10H2,1H3,(H,23,26)/t11-,12-,13+. The molecular weight excluding hydrogens is 345 g/mol. The summed E-state index contributed by atoms with van der Waals surface area (Å²) in [5.41, 5.74) is 0.432. The Hall–Kier alpha value is -2.09. The highest BCUT2D eigenvalue weighted by atomic mass is 19.4. The first-order valence-corrected chi connectivity index (χ1v) is 8.85. The van der Waals surface area contributed by atoms with Crippen molar-refractivity contribution in [1.82, 2.24) is 19.8 Å². The Balaban J connectivity index is 1.57. The molecule has 2 fully saturated rings. The Bertz CT molecular complexity index is 817. The number of fused-ring (bicyclic) bond motifs is 3. The second-order valence-corrected chi connectivity index (χ2v) is 7.35. The zero-order valence-corrected chi connectivity index (χ0v) is 14.5. The number of alkyl halides is 3. The molecule has 0 unspecified atom stereocenters. The van der Waals surface area contributed by atoms with Gasteiger partial charge < -0.3 is 14.8 Å². The molecule has 2 aromatic rings. The van der Waals surface area contributed by atoms with Gasteiger partial charge in [-0.15, -0.1) is 0 Å². The van der Waals surface area contributed by atoms with E-state index >= 15 is 0 Å². The van der Waals surface area contributed by atoms with Crippen molar-refractivity contribution < 1.29 is 18.0 Å². The van der Waals surface area contributed by atoms with Crippen molar-refractivity contribution in [2.75, 3.05) is 7.05 Å². The minimum Gasteiger partial charge on any atom is -0.349 e. The van der Waals surface area contributed by atoms with Gasteiger partial charge in [-0.25, -0.2) is 4.98 Å². The molecule has 4 heterocycles. The largest absolute Gasteiger partial charge is 0.406 e. The Kier molecular flexibility index (Phi) is 4.17. The van der Waals surface area contributed by atoms with E-state index < -0.39 is 12.7 Å². The lowest BCUT2D eigenvalue weighted by atomic mass is 9.97. The minimum absolute atomic E-state index is 0.0638. The van der Waals surface area contributed by atoms with E-state index in [-0.39, 0.29) is 23.2 Å². The lowest BCUT2D eigenvalue weighted by Gasteiger charge is -2.36. The highest BCUT2D eigenvalue weighted by molar-refractivity contribution is 6.06. The number of nitrogens with one attached hydrogen (secondary N) is 1. The van der Waals surface area contributed by atoms with Crippen LogP contribution in [0.5, 0.6) is 0 Å². The van der Waals surface area contributed by atoms with Gasteiger partial charge in [-0.3, -0.25) is 4.79 Å². The van der Waals surface area contributed by atoms with E-state index in [4.69, 9.17) is 0 Å². The number of pyridine rings is 1. The van der Waals surface area contributed by atoms with Crippen LogP contribution in [0.15, 0.2) is 24.5 Å². The topological polar surface area (TPSA) is 50.2 Å². The maximum Gasteiger partial charge on any atom is 0.406 e. The molecule has 2 bridgehead atoms. The van der Waals surface area contributed by atoms with Crippen molar-refractivity contribution in [3.63, 3.8) is 0 Å². The van der Waals surface area contributed by atoms with Crippen molar-refractivity contribution in [2.24, 2.45) is 0 Å². The number of aromatic nitrogens is 2. The van der Waals surface area contributed by atoms with E-state index in [0.717, 1.165) is 30.3 Å². The fourth-order valence-corrected chi connectivity index (χ4v) is 4.41. The Morgan fingerprint density at radius 2 is 2.00 bits per heavy atom. The molecule has 0 aromatic carbocycles. The normalized spacial score (nSPS) is 26.4. The van der Waals surface area contributed by atoms with Crippen LogP contribution in [0.2, 0.25) is 0 Å². The van der Waals surface area contributed by atoms with Gasteiger partial charge in [-0.2, -0.15) is 13.2 Å². The number of hydrogen-bond acceptors (Lipinski definition) is 3. The van der Waals surface area contributed by atoms with Crippen LogP contribution in [-0.2, 0) is 6.54 Å². The molecular formula is C18H21F3N4O. The quantitative estimate of drug-likeness (QED) is 0.909. The fraction of sp³-hybridized carbons (Fsp3) is 0.556. The summed E-state index contributed by atoms with van der Waals surface area (Å²) in [5.74, 6) is -0.321. The average Bonchev–Trinajstić information content (AvgIpc) is 3.00. The summed E-state index contributed by atoms with van der Waals surface area (Å²) in [7, 11) is 2.12. The summed E-state index contributed by atoms with van der Waals surface area (Å²) in [6.07, 6.45) is 2.39. The highest BCUT2D eigenvalue weighted by Crippen LogP contribution is 2.34. The molecule has 5 nitrogen and oxygen atoms in total. The fourth-order valence-electron chi connectivity index (χ4n) is 4.41. The third-order valence-corrected chi connectivity index (χ3v) is 5.66. The summed E-state index contributed by atoms with van der Waals surface area (Å²) >= 11 is 0. The first-order chi connectivity index (χ1) is 12.3. The van der Waals surface area contributed by atoms with Crippen LogP contribution in [0.1, 0.15) is 36.0 Å². The Labute approximate surface area is 149 Å². The first-order valence-electron chi connectivity index (χ1n) is 8.85. The highest BCUT2D eigenvalue weighted by Gasteiger charge is 2.39. The molecule has 2 saturated heterocycles. The molecule has 1 amide bonds.